The molecule has 2 heteroatoms. The lowest BCUT2D eigenvalue weighted by Crippen LogP contribution is -2.24. The summed E-state index contributed by atoms with van der Waals surface area (Å²) in [6.45, 7) is 10.9. The molecular formula is C19H24FN. The summed E-state index contributed by atoms with van der Waals surface area (Å²) in [5.74, 6) is -0.126. The maximum Gasteiger partial charge on any atom is 0.128 e. The summed E-state index contributed by atoms with van der Waals surface area (Å²) in [7, 11) is 0. The normalized spacial score (nSPS) is 12.5. The van der Waals surface area contributed by atoms with Gasteiger partial charge < -0.3 is 5.32 Å². The van der Waals surface area contributed by atoms with Gasteiger partial charge in [-0.15, -0.1) is 0 Å². The highest BCUT2D eigenvalue weighted by molar-refractivity contribution is 5.43. The fourth-order valence-corrected chi connectivity index (χ4v) is 3.01. The van der Waals surface area contributed by atoms with Gasteiger partial charge in [-0.25, -0.2) is 4.39 Å². The maximum absolute atomic E-state index is 14.5. The van der Waals surface area contributed by atoms with Crippen molar-refractivity contribution in [1.29, 1.82) is 0 Å². The van der Waals surface area contributed by atoms with E-state index in [2.05, 4.69) is 44.3 Å². The van der Waals surface area contributed by atoms with E-state index >= 15 is 0 Å². The molecule has 0 heterocycles. The van der Waals surface area contributed by atoms with Crippen molar-refractivity contribution < 1.29 is 4.39 Å². The second-order valence-corrected chi connectivity index (χ2v) is 5.83. The zero-order chi connectivity index (χ0) is 15.6. The largest absolute Gasteiger partial charge is 0.306 e. The zero-order valence-electron chi connectivity index (χ0n) is 13.5. The van der Waals surface area contributed by atoms with Gasteiger partial charge in [0.25, 0.3) is 0 Å². The fraction of sp³-hybridized carbons (Fsp3) is 0.368. The molecule has 0 spiro atoms. The molecule has 0 saturated carbocycles. The van der Waals surface area contributed by atoms with Crippen LogP contribution in [-0.2, 0) is 0 Å². The third-order valence-electron chi connectivity index (χ3n) is 3.91. The van der Waals surface area contributed by atoms with E-state index in [0.29, 0.717) is 0 Å². The van der Waals surface area contributed by atoms with E-state index in [-0.39, 0.29) is 11.9 Å². The van der Waals surface area contributed by atoms with Gasteiger partial charge in [0.2, 0.25) is 0 Å². The second-order valence-electron chi connectivity index (χ2n) is 5.83. The molecule has 2 aromatic rings. The summed E-state index contributed by atoms with van der Waals surface area (Å²) in [5, 5.41) is 3.44. The summed E-state index contributed by atoms with van der Waals surface area (Å²) in [6.07, 6.45) is 0. The first-order valence-corrected chi connectivity index (χ1v) is 7.51. The molecule has 0 saturated heterocycles. The van der Waals surface area contributed by atoms with Gasteiger partial charge in [-0.05, 0) is 62.6 Å². The van der Waals surface area contributed by atoms with Crippen LogP contribution in [0.25, 0.3) is 0 Å². The predicted molar refractivity (Wildman–Crippen MR) is 87.3 cm³/mol. The van der Waals surface area contributed by atoms with Crippen LogP contribution < -0.4 is 5.32 Å². The van der Waals surface area contributed by atoms with E-state index in [0.717, 1.165) is 28.8 Å². The first-order chi connectivity index (χ1) is 9.93. The van der Waals surface area contributed by atoms with Crippen LogP contribution in [0.3, 0.4) is 0 Å². The van der Waals surface area contributed by atoms with Gasteiger partial charge in [-0.3, -0.25) is 0 Å². The van der Waals surface area contributed by atoms with Crippen molar-refractivity contribution in [2.75, 3.05) is 6.54 Å². The van der Waals surface area contributed by atoms with Crippen LogP contribution in [0.5, 0.6) is 0 Å². The quantitative estimate of drug-likeness (QED) is 0.854. The average molecular weight is 285 g/mol. The molecule has 2 rings (SSSR count). The van der Waals surface area contributed by atoms with E-state index in [1.807, 2.05) is 19.9 Å². The Hall–Kier alpha value is -1.67. The fourth-order valence-electron chi connectivity index (χ4n) is 3.01. The average Bonchev–Trinajstić information content (AvgIpc) is 2.37. The van der Waals surface area contributed by atoms with E-state index in [1.54, 1.807) is 6.07 Å². The Morgan fingerprint density at radius 3 is 2.19 bits per heavy atom. The Bertz CT molecular complexity index is 623. The van der Waals surface area contributed by atoms with E-state index in [1.165, 1.54) is 11.1 Å². The predicted octanol–water partition coefficient (Wildman–Crippen LogP) is 4.76. The van der Waals surface area contributed by atoms with Crippen LogP contribution in [0.15, 0.2) is 30.3 Å². The van der Waals surface area contributed by atoms with Crippen LogP contribution in [0.1, 0.15) is 46.3 Å². The topological polar surface area (TPSA) is 12.0 Å². The number of rotatable bonds is 4. The van der Waals surface area contributed by atoms with Crippen molar-refractivity contribution in [3.05, 3.63) is 69.5 Å². The lowest BCUT2D eigenvalue weighted by Gasteiger charge is -2.24. The first-order valence-electron chi connectivity index (χ1n) is 7.51. The standard InChI is InChI=1S/C19H24FN/c1-6-21-19(16-8-7-12(2)9-14(16)4)18-15(5)10-13(3)11-17(18)20/h7-11,19,21H,6H2,1-5H3. The van der Waals surface area contributed by atoms with Gasteiger partial charge in [-0.1, -0.05) is 36.8 Å². The molecule has 1 nitrogen and oxygen atoms in total. The monoisotopic (exact) mass is 285 g/mol. The molecule has 1 N–H and O–H groups in total. The number of hydrogen-bond donors (Lipinski definition) is 1. The van der Waals surface area contributed by atoms with Gasteiger partial charge in [-0.2, -0.15) is 0 Å². The molecule has 0 radical (unpaired) electrons. The third-order valence-corrected chi connectivity index (χ3v) is 3.91. The number of halogens is 1. The van der Waals surface area contributed by atoms with Crippen LogP contribution in [0.2, 0.25) is 0 Å². The lowest BCUT2D eigenvalue weighted by molar-refractivity contribution is 0.554. The van der Waals surface area contributed by atoms with Crippen molar-refractivity contribution in [3.8, 4) is 0 Å². The molecule has 0 aliphatic carbocycles. The highest BCUT2D eigenvalue weighted by Gasteiger charge is 2.21. The first kappa shape index (κ1) is 15.7. The van der Waals surface area contributed by atoms with Crippen LogP contribution >= 0.6 is 0 Å². The minimum Gasteiger partial charge on any atom is -0.306 e. The SMILES string of the molecule is CCNC(c1ccc(C)cc1C)c1c(C)cc(C)cc1F. The number of aryl methyl sites for hydroxylation is 4. The Kier molecular flexibility index (Phi) is 4.79. The van der Waals surface area contributed by atoms with Crippen LogP contribution in [0.4, 0.5) is 4.39 Å². The van der Waals surface area contributed by atoms with E-state index in [9.17, 15) is 4.39 Å². The van der Waals surface area contributed by atoms with E-state index in [4.69, 9.17) is 0 Å². The highest BCUT2D eigenvalue weighted by atomic mass is 19.1. The summed E-state index contributed by atoms with van der Waals surface area (Å²) in [6, 6.07) is 9.92. The third kappa shape index (κ3) is 3.33. The van der Waals surface area contributed by atoms with Crippen molar-refractivity contribution in [2.45, 2.75) is 40.7 Å². The molecule has 0 fully saturated rings. The number of nitrogens with one attached hydrogen (secondary N) is 1. The van der Waals surface area contributed by atoms with Gasteiger partial charge in [0.15, 0.2) is 0 Å². The molecule has 112 valence electrons. The minimum atomic E-state index is -0.126. The Balaban J connectivity index is 2.59. The molecule has 0 aliphatic heterocycles. The molecule has 1 atom stereocenters. The second kappa shape index (κ2) is 6.40. The van der Waals surface area contributed by atoms with Crippen LogP contribution in [-0.4, -0.2) is 6.54 Å². The molecule has 21 heavy (non-hydrogen) atoms. The Labute approximate surface area is 127 Å². The molecule has 0 aromatic heterocycles. The highest BCUT2D eigenvalue weighted by Crippen LogP contribution is 2.30. The van der Waals surface area contributed by atoms with Gasteiger partial charge >= 0.3 is 0 Å². The zero-order valence-corrected chi connectivity index (χ0v) is 13.5. The molecule has 0 bridgehead atoms. The van der Waals surface area contributed by atoms with Gasteiger partial charge in [0.05, 0.1) is 6.04 Å². The van der Waals surface area contributed by atoms with Crippen LogP contribution in [0, 0.1) is 33.5 Å². The summed E-state index contributed by atoms with van der Waals surface area (Å²) < 4.78 is 14.5. The van der Waals surface area contributed by atoms with Crippen molar-refractivity contribution in [1.82, 2.24) is 5.32 Å². The summed E-state index contributed by atoms with van der Waals surface area (Å²) in [4.78, 5) is 0. The van der Waals surface area contributed by atoms with E-state index < -0.39 is 0 Å². The summed E-state index contributed by atoms with van der Waals surface area (Å²) >= 11 is 0. The van der Waals surface area contributed by atoms with Crippen molar-refractivity contribution in [3.63, 3.8) is 0 Å². The molecule has 2 aromatic carbocycles. The minimum absolute atomic E-state index is 0.101. The molecule has 0 aliphatic rings. The Morgan fingerprint density at radius 2 is 1.62 bits per heavy atom. The summed E-state index contributed by atoms with van der Waals surface area (Å²) in [5.41, 5.74) is 6.29. The van der Waals surface area contributed by atoms with Crippen molar-refractivity contribution in [2.24, 2.45) is 0 Å². The number of hydrogen-bond acceptors (Lipinski definition) is 1. The van der Waals surface area contributed by atoms with Gasteiger partial charge in [0, 0.05) is 5.56 Å². The number of benzene rings is 2. The Morgan fingerprint density at radius 1 is 0.952 bits per heavy atom. The lowest BCUT2D eigenvalue weighted by atomic mass is 9.90. The maximum atomic E-state index is 14.5. The molecule has 0 amide bonds. The van der Waals surface area contributed by atoms with Crippen molar-refractivity contribution >= 4 is 0 Å². The van der Waals surface area contributed by atoms with Gasteiger partial charge in [0.1, 0.15) is 5.82 Å². The molecular weight excluding hydrogens is 261 g/mol. The smallest absolute Gasteiger partial charge is 0.128 e. The molecule has 1 unspecified atom stereocenters.